The lowest BCUT2D eigenvalue weighted by molar-refractivity contribution is 0.465. The van der Waals surface area contributed by atoms with Gasteiger partial charge in [-0.3, -0.25) is 0 Å². The Morgan fingerprint density at radius 3 is 2.47 bits per heavy atom. The molecule has 0 spiro atoms. The van der Waals surface area contributed by atoms with Crippen LogP contribution >= 0.6 is 0 Å². The number of benzene rings is 1. The van der Waals surface area contributed by atoms with E-state index in [0.29, 0.717) is 11.7 Å². The highest BCUT2D eigenvalue weighted by atomic mass is 16.3. The minimum Gasteiger partial charge on any atom is -0.508 e. The SMILES string of the molecule is C=CC(C)c1ccc(CC(C)C)cc1O. The monoisotopic (exact) mass is 204 g/mol. The molecule has 0 amide bonds. The smallest absolute Gasteiger partial charge is 0.119 e. The summed E-state index contributed by atoms with van der Waals surface area (Å²) in [5, 5.41) is 9.86. The van der Waals surface area contributed by atoms with Crippen molar-refractivity contribution in [3.8, 4) is 5.75 Å². The average molecular weight is 204 g/mol. The molecule has 0 fully saturated rings. The molecule has 0 aliphatic heterocycles. The number of phenols is 1. The lowest BCUT2D eigenvalue weighted by Gasteiger charge is -2.11. The molecule has 0 radical (unpaired) electrons. The Hall–Kier alpha value is -1.24. The van der Waals surface area contributed by atoms with Gasteiger partial charge < -0.3 is 5.11 Å². The number of aromatic hydroxyl groups is 1. The molecule has 1 N–H and O–H groups in total. The van der Waals surface area contributed by atoms with Crippen LogP contribution in [0, 0.1) is 5.92 Å². The highest BCUT2D eigenvalue weighted by Gasteiger charge is 2.08. The van der Waals surface area contributed by atoms with Crippen LogP contribution in [0.5, 0.6) is 5.75 Å². The van der Waals surface area contributed by atoms with Gasteiger partial charge >= 0.3 is 0 Å². The third kappa shape index (κ3) is 3.12. The van der Waals surface area contributed by atoms with Crippen molar-refractivity contribution >= 4 is 0 Å². The maximum absolute atomic E-state index is 9.86. The standard InChI is InChI=1S/C14H20O/c1-5-11(4)13-7-6-12(8-10(2)3)9-14(13)15/h5-7,9-11,15H,1,8H2,2-4H3. The second-order valence-corrected chi connectivity index (χ2v) is 4.52. The third-order valence-corrected chi connectivity index (χ3v) is 2.58. The van der Waals surface area contributed by atoms with Crippen molar-refractivity contribution in [2.75, 3.05) is 0 Å². The van der Waals surface area contributed by atoms with E-state index in [4.69, 9.17) is 0 Å². The summed E-state index contributed by atoms with van der Waals surface area (Å²) in [5.41, 5.74) is 2.15. The van der Waals surface area contributed by atoms with Gasteiger partial charge in [0.25, 0.3) is 0 Å². The molecule has 0 aromatic heterocycles. The Morgan fingerprint density at radius 2 is 2.00 bits per heavy atom. The van der Waals surface area contributed by atoms with Gasteiger partial charge in [-0.25, -0.2) is 0 Å². The molecule has 1 unspecified atom stereocenters. The van der Waals surface area contributed by atoms with Gasteiger partial charge in [0, 0.05) is 11.5 Å². The third-order valence-electron chi connectivity index (χ3n) is 2.58. The lowest BCUT2D eigenvalue weighted by atomic mass is 9.96. The van der Waals surface area contributed by atoms with Crippen molar-refractivity contribution in [2.45, 2.75) is 33.1 Å². The highest BCUT2D eigenvalue weighted by Crippen LogP contribution is 2.27. The Balaban J connectivity index is 2.92. The summed E-state index contributed by atoms with van der Waals surface area (Å²) in [6.45, 7) is 10.1. The number of phenolic OH excluding ortho intramolecular Hbond substituents is 1. The first-order valence-electron chi connectivity index (χ1n) is 5.49. The Bertz CT molecular complexity index is 339. The molecule has 82 valence electrons. The molecule has 0 bridgehead atoms. The summed E-state index contributed by atoms with van der Waals surface area (Å²) in [6.07, 6.45) is 2.85. The van der Waals surface area contributed by atoms with E-state index in [2.05, 4.69) is 26.5 Å². The molecule has 0 saturated carbocycles. The fraction of sp³-hybridized carbons (Fsp3) is 0.429. The van der Waals surface area contributed by atoms with E-state index in [1.54, 1.807) is 0 Å². The summed E-state index contributed by atoms with van der Waals surface area (Å²) in [4.78, 5) is 0. The van der Waals surface area contributed by atoms with Gasteiger partial charge in [-0.15, -0.1) is 6.58 Å². The van der Waals surface area contributed by atoms with Crippen LogP contribution < -0.4 is 0 Å². The topological polar surface area (TPSA) is 20.2 Å². The van der Waals surface area contributed by atoms with Gasteiger partial charge in [0.2, 0.25) is 0 Å². The minimum absolute atomic E-state index is 0.207. The Morgan fingerprint density at radius 1 is 1.33 bits per heavy atom. The molecule has 0 heterocycles. The maximum atomic E-state index is 9.86. The van der Waals surface area contributed by atoms with Crippen LogP contribution in [0.2, 0.25) is 0 Å². The van der Waals surface area contributed by atoms with Gasteiger partial charge in [-0.2, -0.15) is 0 Å². The zero-order valence-corrected chi connectivity index (χ0v) is 9.83. The van der Waals surface area contributed by atoms with E-state index >= 15 is 0 Å². The zero-order valence-electron chi connectivity index (χ0n) is 9.83. The molecule has 1 atom stereocenters. The van der Waals surface area contributed by atoms with Crippen molar-refractivity contribution < 1.29 is 5.11 Å². The predicted molar refractivity (Wildman–Crippen MR) is 65.3 cm³/mol. The fourth-order valence-corrected chi connectivity index (χ4v) is 1.70. The summed E-state index contributed by atoms with van der Waals surface area (Å²) >= 11 is 0. The van der Waals surface area contributed by atoms with E-state index in [-0.39, 0.29) is 5.92 Å². The second kappa shape index (κ2) is 5.01. The quantitative estimate of drug-likeness (QED) is 0.738. The molecular formula is C14H20O. The number of allylic oxidation sites excluding steroid dienone is 1. The second-order valence-electron chi connectivity index (χ2n) is 4.52. The van der Waals surface area contributed by atoms with E-state index in [1.165, 1.54) is 5.56 Å². The van der Waals surface area contributed by atoms with Crippen LogP contribution in [0.1, 0.15) is 37.8 Å². The summed E-state index contributed by atoms with van der Waals surface area (Å²) in [7, 11) is 0. The molecule has 0 aliphatic carbocycles. The van der Waals surface area contributed by atoms with Gasteiger partial charge in [0.05, 0.1) is 0 Å². The lowest BCUT2D eigenvalue weighted by Crippen LogP contribution is -1.96. The largest absolute Gasteiger partial charge is 0.508 e. The van der Waals surface area contributed by atoms with E-state index in [0.717, 1.165) is 12.0 Å². The van der Waals surface area contributed by atoms with Crippen molar-refractivity contribution in [3.05, 3.63) is 42.0 Å². The Labute approximate surface area is 92.5 Å². The highest BCUT2D eigenvalue weighted by molar-refractivity contribution is 5.40. The van der Waals surface area contributed by atoms with Gasteiger partial charge in [-0.05, 0) is 24.0 Å². The Kier molecular flexibility index (Phi) is 3.96. The number of hydrogen-bond acceptors (Lipinski definition) is 1. The maximum Gasteiger partial charge on any atom is 0.119 e. The zero-order chi connectivity index (χ0) is 11.4. The molecule has 1 rings (SSSR count). The van der Waals surface area contributed by atoms with Crippen molar-refractivity contribution in [2.24, 2.45) is 5.92 Å². The molecule has 1 aromatic rings. The summed E-state index contributed by atoms with van der Waals surface area (Å²) < 4.78 is 0. The van der Waals surface area contributed by atoms with Gasteiger partial charge in [-0.1, -0.05) is 39.0 Å². The van der Waals surface area contributed by atoms with E-state index in [9.17, 15) is 5.11 Å². The first-order valence-corrected chi connectivity index (χ1v) is 5.49. The molecule has 0 saturated heterocycles. The van der Waals surface area contributed by atoms with Crippen LogP contribution in [0.15, 0.2) is 30.9 Å². The average Bonchev–Trinajstić information content (AvgIpc) is 2.16. The van der Waals surface area contributed by atoms with Crippen LogP contribution in [0.4, 0.5) is 0 Å². The molecular weight excluding hydrogens is 184 g/mol. The van der Waals surface area contributed by atoms with Crippen LogP contribution in [-0.4, -0.2) is 5.11 Å². The molecule has 15 heavy (non-hydrogen) atoms. The van der Waals surface area contributed by atoms with Gasteiger partial charge in [0.1, 0.15) is 5.75 Å². The van der Waals surface area contributed by atoms with E-state index in [1.807, 2.05) is 25.1 Å². The van der Waals surface area contributed by atoms with Crippen molar-refractivity contribution in [1.82, 2.24) is 0 Å². The summed E-state index contributed by atoms with van der Waals surface area (Å²) in [6, 6.07) is 5.96. The number of hydrogen-bond donors (Lipinski definition) is 1. The summed E-state index contributed by atoms with van der Waals surface area (Å²) in [5.74, 6) is 1.21. The minimum atomic E-state index is 0.207. The first-order chi connectivity index (χ1) is 7.04. The van der Waals surface area contributed by atoms with Crippen LogP contribution in [0.3, 0.4) is 0 Å². The normalized spacial score (nSPS) is 12.8. The van der Waals surface area contributed by atoms with Crippen LogP contribution in [0.25, 0.3) is 0 Å². The van der Waals surface area contributed by atoms with E-state index < -0.39 is 0 Å². The fourth-order valence-electron chi connectivity index (χ4n) is 1.70. The van der Waals surface area contributed by atoms with Crippen LogP contribution in [-0.2, 0) is 6.42 Å². The first kappa shape index (κ1) is 11.8. The molecule has 1 aromatic carbocycles. The van der Waals surface area contributed by atoms with Crippen molar-refractivity contribution in [1.29, 1.82) is 0 Å². The van der Waals surface area contributed by atoms with Crippen molar-refractivity contribution in [3.63, 3.8) is 0 Å². The predicted octanol–water partition coefficient (Wildman–Crippen LogP) is 3.88. The molecule has 1 heteroatoms. The molecule has 1 nitrogen and oxygen atoms in total. The number of rotatable bonds is 4. The van der Waals surface area contributed by atoms with Gasteiger partial charge in [0.15, 0.2) is 0 Å². The molecule has 0 aliphatic rings.